The van der Waals surface area contributed by atoms with E-state index in [1.54, 1.807) is 0 Å². The molecule has 1 heterocycles. The van der Waals surface area contributed by atoms with Gasteiger partial charge in [0, 0.05) is 12.3 Å². The fraction of sp³-hybridized carbons (Fsp3) is 0.750. The highest BCUT2D eigenvalue weighted by molar-refractivity contribution is 7.99. The second-order valence-electron chi connectivity index (χ2n) is 1.69. The first kappa shape index (κ1) is 5.75. The van der Waals surface area contributed by atoms with Gasteiger partial charge in [-0.15, -0.1) is 11.8 Å². The number of hydrogen-bond acceptors (Lipinski definition) is 2. The van der Waals surface area contributed by atoms with Gasteiger partial charge in [-0.1, -0.05) is 0 Å². The van der Waals surface area contributed by atoms with E-state index < -0.39 is 0 Å². The van der Waals surface area contributed by atoms with Gasteiger partial charge in [-0.3, -0.25) is 5.41 Å². The second-order valence-corrected chi connectivity index (χ2v) is 2.76. The molecule has 0 amide bonds. The molecule has 1 fully saturated rings. The fourth-order valence-corrected chi connectivity index (χ4v) is 1.57. The van der Waals surface area contributed by atoms with E-state index in [0.717, 1.165) is 18.2 Å². The van der Waals surface area contributed by atoms with E-state index in [1.165, 1.54) is 0 Å². The zero-order chi connectivity index (χ0) is 5.98. The third kappa shape index (κ3) is 1.06. The molecule has 1 aliphatic heterocycles. The Hall–Kier alpha value is -0.380. The fourth-order valence-electron chi connectivity index (χ4n) is 0.604. The molecular formula is C4H9N3S. The van der Waals surface area contributed by atoms with Gasteiger partial charge in [-0.25, -0.2) is 0 Å². The van der Waals surface area contributed by atoms with Crippen LogP contribution in [0.2, 0.25) is 0 Å². The van der Waals surface area contributed by atoms with Crippen LogP contribution in [0.5, 0.6) is 0 Å². The molecule has 4 heteroatoms. The van der Waals surface area contributed by atoms with Gasteiger partial charge in [-0.05, 0) is 0 Å². The Morgan fingerprint density at radius 2 is 2.50 bits per heavy atom. The number of guanidine groups is 1. The zero-order valence-corrected chi connectivity index (χ0v) is 5.37. The normalized spacial score (nSPS) is 19.2. The largest absolute Gasteiger partial charge is 0.370 e. The van der Waals surface area contributed by atoms with Crippen molar-refractivity contribution in [2.45, 2.75) is 0 Å². The van der Waals surface area contributed by atoms with Crippen molar-refractivity contribution in [3.8, 4) is 0 Å². The Balaban J connectivity index is 2.35. The monoisotopic (exact) mass is 131 g/mol. The van der Waals surface area contributed by atoms with Crippen LogP contribution in [0.25, 0.3) is 0 Å². The Morgan fingerprint density at radius 3 is 2.75 bits per heavy atom. The number of hydrogen-bond donors (Lipinski definition) is 2. The molecule has 3 nitrogen and oxygen atoms in total. The van der Waals surface area contributed by atoms with Crippen LogP contribution in [0.15, 0.2) is 0 Å². The molecule has 0 radical (unpaired) electrons. The summed E-state index contributed by atoms with van der Waals surface area (Å²) < 4.78 is 0. The minimum atomic E-state index is 0.204. The van der Waals surface area contributed by atoms with E-state index in [9.17, 15) is 0 Å². The average Bonchev–Trinajstić information content (AvgIpc) is 2.12. The van der Waals surface area contributed by atoms with Crippen molar-refractivity contribution in [3.63, 3.8) is 0 Å². The molecular weight excluding hydrogens is 122 g/mol. The molecule has 0 bridgehead atoms. The molecule has 0 spiro atoms. The van der Waals surface area contributed by atoms with E-state index in [2.05, 4.69) is 0 Å². The van der Waals surface area contributed by atoms with Crippen molar-refractivity contribution >= 4 is 17.7 Å². The molecule has 0 aromatic rings. The SMILES string of the molecule is N=C(N)N1CCSC1. The maximum atomic E-state index is 6.98. The smallest absolute Gasteiger partial charge is 0.189 e. The van der Waals surface area contributed by atoms with Crippen molar-refractivity contribution in [1.29, 1.82) is 5.41 Å². The lowest BCUT2D eigenvalue weighted by Gasteiger charge is -2.11. The number of thioether (sulfide) groups is 1. The van der Waals surface area contributed by atoms with Gasteiger partial charge >= 0.3 is 0 Å². The molecule has 0 aromatic heterocycles. The van der Waals surface area contributed by atoms with Crippen molar-refractivity contribution in [2.24, 2.45) is 5.73 Å². The van der Waals surface area contributed by atoms with Crippen LogP contribution < -0.4 is 5.73 Å². The van der Waals surface area contributed by atoms with Crippen molar-refractivity contribution < 1.29 is 0 Å². The van der Waals surface area contributed by atoms with E-state index >= 15 is 0 Å². The molecule has 0 aromatic carbocycles. The first-order valence-electron chi connectivity index (χ1n) is 2.47. The Morgan fingerprint density at radius 1 is 1.75 bits per heavy atom. The molecule has 1 rings (SSSR count). The van der Waals surface area contributed by atoms with E-state index in [4.69, 9.17) is 11.1 Å². The summed E-state index contributed by atoms with van der Waals surface area (Å²) >= 11 is 1.82. The van der Waals surface area contributed by atoms with Gasteiger partial charge < -0.3 is 10.6 Å². The minimum absolute atomic E-state index is 0.204. The van der Waals surface area contributed by atoms with Crippen LogP contribution in [0.1, 0.15) is 0 Å². The first-order valence-corrected chi connectivity index (χ1v) is 3.63. The van der Waals surface area contributed by atoms with E-state index in [0.29, 0.717) is 0 Å². The quantitative estimate of drug-likeness (QED) is 0.356. The Bertz CT molecular complexity index is 97.5. The molecule has 0 unspecified atom stereocenters. The zero-order valence-electron chi connectivity index (χ0n) is 4.55. The van der Waals surface area contributed by atoms with E-state index in [-0.39, 0.29) is 5.96 Å². The van der Waals surface area contributed by atoms with Crippen LogP contribution >= 0.6 is 11.8 Å². The van der Waals surface area contributed by atoms with Gasteiger partial charge in [0.25, 0.3) is 0 Å². The summed E-state index contributed by atoms with van der Waals surface area (Å²) in [5.41, 5.74) is 5.19. The summed E-state index contributed by atoms with van der Waals surface area (Å²) in [6, 6.07) is 0. The number of rotatable bonds is 0. The third-order valence-corrected chi connectivity index (χ3v) is 2.06. The molecule has 0 saturated carbocycles. The number of nitrogens with two attached hydrogens (primary N) is 1. The van der Waals surface area contributed by atoms with Gasteiger partial charge in [0.05, 0.1) is 5.88 Å². The van der Waals surface area contributed by atoms with Crippen molar-refractivity contribution in [3.05, 3.63) is 0 Å². The third-order valence-electron chi connectivity index (χ3n) is 1.09. The van der Waals surface area contributed by atoms with E-state index in [1.807, 2.05) is 16.7 Å². The summed E-state index contributed by atoms with van der Waals surface area (Å²) in [6.07, 6.45) is 0. The molecule has 0 aliphatic carbocycles. The molecule has 8 heavy (non-hydrogen) atoms. The lowest BCUT2D eigenvalue weighted by atomic mass is 10.6. The summed E-state index contributed by atoms with van der Waals surface area (Å²) in [5, 5.41) is 6.98. The lowest BCUT2D eigenvalue weighted by molar-refractivity contribution is 0.532. The number of nitrogens with zero attached hydrogens (tertiary/aromatic N) is 1. The van der Waals surface area contributed by atoms with Crippen molar-refractivity contribution in [2.75, 3.05) is 18.2 Å². The predicted molar refractivity (Wildman–Crippen MR) is 35.9 cm³/mol. The maximum Gasteiger partial charge on any atom is 0.189 e. The van der Waals surface area contributed by atoms with Crippen LogP contribution in [0, 0.1) is 5.41 Å². The van der Waals surface area contributed by atoms with Crippen LogP contribution in [0.3, 0.4) is 0 Å². The van der Waals surface area contributed by atoms with Gasteiger partial charge in [0.15, 0.2) is 5.96 Å². The first-order chi connectivity index (χ1) is 3.80. The molecule has 1 saturated heterocycles. The van der Waals surface area contributed by atoms with Crippen LogP contribution in [-0.2, 0) is 0 Å². The minimum Gasteiger partial charge on any atom is -0.370 e. The molecule has 46 valence electrons. The highest BCUT2D eigenvalue weighted by Crippen LogP contribution is 2.11. The summed E-state index contributed by atoms with van der Waals surface area (Å²) in [4.78, 5) is 1.85. The summed E-state index contributed by atoms with van der Waals surface area (Å²) in [5.74, 6) is 2.21. The number of nitrogens with one attached hydrogen (secondary N) is 1. The Labute approximate surface area is 52.7 Å². The van der Waals surface area contributed by atoms with Crippen LogP contribution in [0.4, 0.5) is 0 Å². The molecule has 1 aliphatic rings. The predicted octanol–water partition coefficient (Wildman–Crippen LogP) is -0.114. The molecule has 0 atom stereocenters. The lowest BCUT2D eigenvalue weighted by Crippen LogP contribution is -2.33. The Kier molecular flexibility index (Phi) is 1.62. The van der Waals surface area contributed by atoms with Gasteiger partial charge in [-0.2, -0.15) is 0 Å². The van der Waals surface area contributed by atoms with Gasteiger partial charge in [0.1, 0.15) is 0 Å². The topological polar surface area (TPSA) is 53.1 Å². The standard InChI is InChI=1S/C4H9N3S/c5-4(6)7-1-2-8-3-7/h1-3H2,(H3,5,6). The van der Waals surface area contributed by atoms with Crippen LogP contribution in [-0.4, -0.2) is 29.0 Å². The molecule has 3 N–H and O–H groups in total. The van der Waals surface area contributed by atoms with Gasteiger partial charge in [0.2, 0.25) is 0 Å². The summed E-state index contributed by atoms with van der Waals surface area (Å²) in [7, 11) is 0. The summed E-state index contributed by atoms with van der Waals surface area (Å²) in [6.45, 7) is 0.944. The highest BCUT2D eigenvalue weighted by atomic mass is 32.2. The highest BCUT2D eigenvalue weighted by Gasteiger charge is 2.11. The second kappa shape index (κ2) is 2.26. The average molecular weight is 131 g/mol. The maximum absolute atomic E-state index is 6.98. The van der Waals surface area contributed by atoms with Crippen molar-refractivity contribution in [1.82, 2.24) is 4.90 Å².